The largest absolute Gasteiger partial charge is 0.356 e. The smallest absolute Gasteiger partial charge is 0.172 e. The van der Waals surface area contributed by atoms with Crippen LogP contribution in [0.1, 0.15) is 29.8 Å². The van der Waals surface area contributed by atoms with Crippen molar-refractivity contribution in [1.82, 2.24) is 10.3 Å². The standard InChI is InChI=1S/C20H21N3S/c1-13-11-14(2)21-19(12-13)23-20(24)22-15(3)17-10-6-8-16-7-4-5-9-18(16)17/h4-12,15H,1-3H3,(H2,21,22,23,24)/t15-/m1/s1. The number of hydrogen-bond acceptors (Lipinski definition) is 2. The molecule has 4 heteroatoms. The van der Waals surface area contributed by atoms with Gasteiger partial charge in [-0.05, 0) is 67.0 Å². The summed E-state index contributed by atoms with van der Waals surface area (Å²) in [5.41, 5.74) is 3.36. The third-order valence-corrected chi connectivity index (χ3v) is 4.20. The average molecular weight is 335 g/mol. The fourth-order valence-corrected chi connectivity index (χ4v) is 3.24. The third-order valence-electron chi connectivity index (χ3n) is 3.98. The number of anilines is 1. The van der Waals surface area contributed by atoms with Crippen molar-refractivity contribution in [3.63, 3.8) is 0 Å². The van der Waals surface area contributed by atoms with Gasteiger partial charge in [-0.15, -0.1) is 0 Å². The molecule has 0 amide bonds. The van der Waals surface area contributed by atoms with Gasteiger partial charge in [0.2, 0.25) is 0 Å². The summed E-state index contributed by atoms with van der Waals surface area (Å²) in [5, 5.41) is 9.59. The second-order valence-corrected chi connectivity index (χ2v) is 6.47. The van der Waals surface area contributed by atoms with Crippen LogP contribution in [0, 0.1) is 13.8 Å². The zero-order valence-electron chi connectivity index (χ0n) is 14.1. The van der Waals surface area contributed by atoms with E-state index in [1.54, 1.807) is 0 Å². The molecule has 0 spiro atoms. The maximum absolute atomic E-state index is 5.46. The molecule has 1 heterocycles. The molecule has 0 saturated heterocycles. The van der Waals surface area contributed by atoms with Crippen molar-refractivity contribution in [3.05, 3.63) is 71.4 Å². The number of thiocarbonyl (C=S) groups is 1. The number of aromatic nitrogens is 1. The van der Waals surface area contributed by atoms with Crippen LogP contribution in [-0.2, 0) is 0 Å². The van der Waals surface area contributed by atoms with Crippen molar-refractivity contribution in [2.75, 3.05) is 5.32 Å². The molecule has 122 valence electrons. The Labute approximate surface area is 148 Å². The first-order valence-electron chi connectivity index (χ1n) is 8.03. The van der Waals surface area contributed by atoms with E-state index in [0.717, 1.165) is 17.1 Å². The molecule has 0 bridgehead atoms. The van der Waals surface area contributed by atoms with E-state index in [-0.39, 0.29) is 6.04 Å². The number of rotatable bonds is 3. The highest BCUT2D eigenvalue weighted by molar-refractivity contribution is 7.80. The Balaban J connectivity index is 1.76. The summed E-state index contributed by atoms with van der Waals surface area (Å²) in [6, 6.07) is 18.9. The first kappa shape index (κ1) is 16.4. The monoisotopic (exact) mass is 335 g/mol. The SMILES string of the molecule is Cc1cc(C)nc(NC(=S)N[C@H](C)c2cccc3ccccc23)c1. The number of nitrogens with one attached hydrogen (secondary N) is 2. The van der Waals surface area contributed by atoms with Gasteiger partial charge >= 0.3 is 0 Å². The van der Waals surface area contributed by atoms with Gasteiger partial charge in [-0.25, -0.2) is 4.98 Å². The molecule has 2 N–H and O–H groups in total. The minimum Gasteiger partial charge on any atom is -0.356 e. The molecule has 0 aliphatic heterocycles. The molecular weight excluding hydrogens is 314 g/mol. The molecule has 0 aliphatic rings. The summed E-state index contributed by atoms with van der Waals surface area (Å²) in [4.78, 5) is 4.47. The zero-order chi connectivity index (χ0) is 17.1. The Morgan fingerprint density at radius 3 is 2.58 bits per heavy atom. The summed E-state index contributed by atoms with van der Waals surface area (Å²) < 4.78 is 0. The first-order chi connectivity index (χ1) is 11.5. The number of pyridine rings is 1. The van der Waals surface area contributed by atoms with Gasteiger partial charge in [0.15, 0.2) is 5.11 Å². The number of benzene rings is 2. The topological polar surface area (TPSA) is 37.0 Å². The molecule has 0 saturated carbocycles. The highest BCUT2D eigenvalue weighted by Crippen LogP contribution is 2.24. The zero-order valence-corrected chi connectivity index (χ0v) is 14.9. The fraction of sp³-hybridized carbons (Fsp3) is 0.200. The Hall–Kier alpha value is -2.46. The maximum Gasteiger partial charge on any atom is 0.172 e. The van der Waals surface area contributed by atoms with E-state index in [4.69, 9.17) is 12.2 Å². The quantitative estimate of drug-likeness (QED) is 0.668. The molecule has 0 radical (unpaired) electrons. The van der Waals surface area contributed by atoms with Gasteiger partial charge in [-0.3, -0.25) is 0 Å². The highest BCUT2D eigenvalue weighted by Gasteiger charge is 2.11. The number of hydrogen-bond donors (Lipinski definition) is 2. The van der Waals surface area contributed by atoms with E-state index < -0.39 is 0 Å². The van der Waals surface area contributed by atoms with Crippen molar-refractivity contribution in [1.29, 1.82) is 0 Å². The summed E-state index contributed by atoms with van der Waals surface area (Å²) in [6.45, 7) is 6.15. The van der Waals surface area contributed by atoms with Crippen LogP contribution in [0.25, 0.3) is 10.8 Å². The van der Waals surface area contributed by atoms with Crippen LogP contribution in [-0.4, -0.2) is 10.1 Å². The molecule has 3 nitrogen and oxygen atoms in total. The van der Waals surface area contributed by atoms with E-state index >= 15 is 0 Å². The number of fused-ring (bicyclic) bond motifs is 1. The van der Waals surface area contributed by atoms with Crippen molar-refractivity contribution in [2.24, 2.45) is 0 Å². The molecule has 3 rings (SSSR count). The van der Waals surface area contributed by atoms with E-state index in [9.17, 15) is 0 Å². The predicted molar refractivity (Wildman–Crippen MR) is 105 cm³/mol. The second-order valence-electron chi connectivity index (χ2n) is 6.06. The Morgan fingerprint density at radius 1 is 1.04 bits per heavy atom. The van der Waals surface area contributed by atoms with Crippen molar-refractivity contribution in [2.45, 2.75) is 26.8 Å². The van der Waals surface area contributed by atoms with Crippen LogP contribution in [0.2, 0.25) is 0 Å². The van der Waals surface area contributed by atoms with Gasteiger partial charge in [-0.1, -0.05) is 42.5 Å². The normalized spacial score (nSPS) is 12.0. The number of aryl methyl sites for hydroxylation is 2. The Bertz CT molecular complexity index is 863. The van der Waals surface area contributed by atoms with Crippen LogP contribution in [0.15, 0.2) is 54.6 Å². The molecule has 3 aromatic rings. The minimum atomic E-state index is 0.0991. The lowest BCUT2D eigenvalue weighted by Gasteiger charge is -2.19. The molecule has 0 unspecified atom stereocenters. The maximum atomic E-state index is 5.46. The van der Waals surface area contributed by atoms with Gasteiger partial charge in [0.1, 0.15) is 5.82 Å². The Morgan fingerprint density at radius 2 is 1.79 bits per heavy atom. The molecular formula is C20H21N3S. The van der Waals surface area contributed by atoms with Gasteiger partial charge in [0.05, 0.1) is 6.04 Å². The summed E-state index contributed by atoms with van der Waals surface area (Å²) in [7, 11) is 0. The van der Waals surface area contributed by atoms with E-state index in [1.165, 1.54) is 16.3 Å². The highest BCUT2D eigenvalue weighted by atomic mass is 32.1. The van der Waals surface area contributed by atoms with Crippen LogP contribution in [0.5, 0.6) is 0 Å². The van der Waals surface area contributed by atoms with Crippen molar-refractivity contribution < 1.29 is 0 Å². The minimum absolute atomic E-state index is 0.0991. The Kier molecular flexibility index (Phi) is 4.76. The molecule has 2 aromatic carbocycles. The molecule has 1 atom stereocenters. The van der Waals surface area contributed by atoms with E-state index in [2.05, 4.69) is 71.9 Å². The van der Waals surface area contributed by atoms with Gasteiger partial charge < -0.3 is 10.6 Å². The lowest BCUT2D eigenvalue weighted by molar-refractivity contribution is 0.728. The number of nitrogens with zero attached hydrogens (tertiary/aromatic N) is 1. The third kappa shape index (κ3) is 3.71. The van der Waals surface area contributed by atoms with Gasteiger partial charge in [0.25, 0.3) is 0 Å². The summed E-state index contributed by atoms with van der Waals surface area (Å²) >= 11 is 5.46. The van der Waals surface area contributed by atoms with Crippen LogP contribution >= 0.6 is 12.2 Å². The first-order valence-corrected chi connectivity index (χ1v) is 8.44. The van der Waals surface area contributed by atoms with Crippen LogP contribution < -0.4 is 10.6 Å². The van der Waals surface area contributed by atoms with Gasteiger partial charge in [-0.2, -0.15) is 0 Å². The molecule has 0 fully saturated rings. The van der Waals surface area contributed by atoms with Crippen LogP contribution in [0.4, 0.5) is 5.82 Å². The predicted octanol–water partition coefficient (Wildman–Crippen LogP) is 4.90. The molecule has 24 heavy (non-hydrogen) atoms. The summed E-state index contributed by atoms with van der Waals surface area (Å²) in [5.74, 6) is 0.773. The molecule has 0 aliphatic carbocycles. The summed E-state index contributed by atoms with van der Waals surface area (Å²) in [6.07, 6.45) is 0. The van der Waals surface area contributed by atoms with Gasteiger partial charge in [0, 0.05) is 5.69 Å². The lowest BCUT2D eigenvalue weighted by Crippen LogP contribution is -2.31. The van der Waals surface area contributed by atoms with Crippen molar-refractivity contribution >= 4 is 33.9 Å². The van der Waals surface area contributed by atoms with Crippen LogP contribution in [0.3, 0.4) is 0 Å². The fourth-order valence-electron chi connectivity index (χ4n) is 2.96. The average Bonchev–Trinajstić information content (AvgIpc) is 2.53. The second kappa shape index (κ2) is 6.97. The van der Waals surface area contributed by atoms with Crippen molar-refractivity contribution in [3.8, 4) is 0 Å². The van der Waals surface area contributed by atoms with E-state index in [0.29, 0.717) is 5.11 Å². The van der Waals surface area contributed by atoms with E-state index in [1.807, 2.05) is 19.1 Å². The molecule has 1 aromatic heterocycles. The lowest BCUT2D eigenvalue weighted by atomic mass is 10.00.